The Balaban J connectivity index is 2.35. The van der Waals surface area contributed by atoms with E-state index in [4.69, 9.17) is 16.7 Å². The molecule has 0 aliphatic heterocycles. The van der Waals surface area contributed by atoms with E-state index in [9.17, 15) is 4.79 Å². The SMILES string of the molecule is N#Cc1cccc(Cc2[nH]nc(N)c2C(N)=O)c1. The molecule has 6 nitrogen and oxygen atoms in total. The van der Waals surface area contributed by atoms with E-state index in [0.717, 1.165) is 5.56 Å². The Morgan fingerprint density at radius 2 is 2.28 bits per heavy atom. The highest BCUT2D eigenvalue weighted by molar-refractivity contribution is 5.98. The zero-order chi connectivity index (χ0) is 13.1. The van der Waals surface area contributed by atoms with Gasteiger partial charge < -0.3 is 11.5 Å². The maximum Gasteiger partial charge on any atom is 0.254 e. The number of primary amides is 1. The number of hydrogen-bond acceptors (Lipinski definition) is 4. The Morgan fingerprint density at radius 3 is 2.94 bits per heavy atom. The average molecular weight is 241 g/mol. The van der Waals surface area contributed by atoms with Crippen molar-refractivity contribution in [3.63, 3.8) is 0 Å². The highest BCUT2D eigenvalue weighted by atomic mass is 16.1. The molecule has 0 saturated carbocycles. The van der Waals surface area contributed by atoms with Crippen LogP contribution >= 0.6 is 0 Å². The summed E-state index contributed by atoms with van der Waals surface area (Å²) in [5.74, 6) is -0.526. The lowest BCUT2D eigenvalue weighted by molar-refractivity contribution is 0.100. The number of H-pyrrole nitrogens is 1. The zero-order valence-corrected chi connectivity index (χ0v) is 9.47. The average Bonchev–Trinajstić information content (AvgIpc) is 2.70. The number of anilines is 1. The molecule has 0 spiro atoms. The van der Waals surface area contributed by atoms with Crippen molar-refractivity contribution >= 4 is 11.7 Å². The monoisotopic (exact) mass is 241 g/mol. The van der Waals surface area contributed by atoms with E-state index >= 15 is 0 Å². The van der Waals surface area contributed by atoms with Crippen molar-refractivity contribution < 1.29 is 4.79 Å². The van der Waals surface area contributed by atoms with Gasteiger partial charge in [0.05, 0.1) is 17.3 Å². The fourth-order valence-electron chi connectivity index (χ4n) is 1.75. The molecule has 0 fully saturated rings. The molecule has 5 N–H and O–H groups in total. The summed E-state index contributed by atoms with van der Waals surface area (Å²) < 4.78 is 0. The largest absolute Gasteiger partial charge is 0.382 e. The molecule has 1 amide bonds. The first-order chi connectivity index (χ1) is 8.61. The number of carbonyl (C=O) groups excluding carboxylic acids is 1. The minimum Gasteiger partial charge on any atom is -0.382 e. The third kappa shape index (κ3) is 2.15. The van der Waals surface area contributed by atoms with E-state index in [-0.39, 0.29) is 11.4 Å². The van der Waals surface area contributed by atoms with Crippen LogP contribution in [0.3, 0.4) is 0 Å². The molecule has 6 heteroatoms. The Labute approximate surface area is 103 Å². The van der Waals surface area contributed by atoms with Crippen LogP contribution in [0.5, 0.6) is 0 Å². The Morgan fingerprint density at radius 1 is 1.50 bits per heavy atom. The van der Waals surface area contributed by atoms with Crippen LogP contribution in [0, 0.1) is 11.3 Å². The predicted molar refractivity (Wildman–Crippen MR) is 65.5 cm³/mol. The van der Waals surface area contributed by atoms with Gasteiger partial charge in [0.25, 0.3) is 5.91 Å². The van der Waals surface area contributed by atoms with Crippen molar-refractivity contribution in [2.75, 3.05) is 5.73 Å². The van der Waals surface area contributed by atoms with Crippen molar-refractivity contribution in [2.24, 2.45) is 5.73 Å². The molecule has 0 unspecified atom stereocenters. The van der Waals surface area contributed by atoms with Crippen LogP contribution in [0.1, 0.15) is 27.2 Å². The van der Waals surface area contributed by atoms with Crippen molar-refractivity contribution in [3.05, 3.63) is 46.6 Å². The molecule has 1 aromatic heterocycles. The molecule has 0 aliphatic rings. The van der Waals surface area contributed by atoms with Crippen molar-refractivity contribution in [1.82, 2.24) is 10.2 Å². The number of benzene rings is 1. The highest BCUT2D eigenvalue weighted by Gasteiger charge is 2.16. The minimum absolute atomic E-state index is 0.0916. The van der Waals surface area contributed by atoms with Crippen molar-refractivity contribution in [1.29, 1.82) is 5.26 Å². The molecular formula is C12H11N5O. The number of nitrogen functional groups attached to an aromatic ring is 1. The van der Waals surface area contributed by atoms with Crippen LogP contribution in [0.4, 0.5) is 5.82 Å². The van der Waals surface area contributed by atoms with Crippen molar-refractivity contribution in [2.45, 2.75) is 6.42 Å². The first-order valence-corrected chi connectivity index (χ1v) is 5.23. The number of aromatic amines is 1. The molecule has 0 bridgehead atoms. The summed E-state index contributed by atoms with van der Waals surface area (Å²) in [7, 11) is 0. The Bertz CT molecular complexity index is 638. The molecular weight excluding hydrogens is 230 g/mol. The summed E-state index contributed by atoms with van der Waals surface area (Å²) in [5, 5.41) is 15.3. The summed E-state index contributed by atoms with van der Waals surface area (Å²) in [5.41, 5.74) is 13.0. The number of nitrogens with two attached hydrogens (primary N) is 2. The Kier molecular flexibility index (Phi) is 2.98. The van der Waals surface area contributed by atoms with E-state index in [1.807, 2.05) is 6.07 Å². The van der Waals surface area contributed by atoms with Gasteiger partial charge in [0.2, 0.25) is 0 Å². The number of aromatic nitrogens is 2. The lowest BCUT2D eigenvalue weighted by Crippen LogP contribution is -2.14. The first-order valence-electron chi connectivity index (χ1n) is 5.23. The molecule has 1 heterocycles. The zero-order valence-electron chi connectivity index (χ0n) is 9.47. The summed E-state index contributed by atoms with van der Waals surface area (Å²) >= 11 is 0. The fraction of sp³-hybridized carbons (Fsp3) is 0.0833. The van der Waals surface area contributed by atoms with E-state index in [2.05, 4.69) is 16.3 Å². The van der Waals surface area contributed by atoms with Gasteiger partial charge in [-0.05, 0) is 17.7 Å². The van der Waals surface area contributed by atoms with Gasteiger partial charge in [-0.25, -0.2) is 0 Å². The van der Waals surface area contributed by atoms with Gasteiger partial charge in [0.1, 0.15) is 5.56 Å². The molecule has 18 heavy (non-hydrogen) atoms. The third-order valence-electron chi connectivity index (χ3n) is 2.55. The summed E-state index contributed by atoms with van der Waals surface area (Å²) in [4.78, 5) is 11.2. The van der Waals surface area contributed by atoms with E-state index < -0.39 is 5.91 Å². The Hall–Kier alpha value is -2.81. The number of amides is 1. The van der Waals surface area contributed by atoms with E-state index in [0.29, 0.717) is 17.7 Å². The van der Waals surface area contributed by atoms with Gasteiger partial charge >= 0.3 is 0 Å². The fourth-order valence-corrected chi connectivity index (χ4v) is 1.75. The van der Waals surface area contributed by atoms with E-state index in [1.165, 1.54) is 0 Å². The number of carbonyl (C=O) groups is 1. The molecule has 2 rings (SSSR count). The second kappa shape index (κ2) is 4.59. The molecule has 0 atom stereocenters. The van der Waals surface area contributed by atoms with Gasteiger partial charge in [-0.15, -0.1) is 0 Å². The van der Waals surface area contributed by atoms with Crippen LogP contribution in [-0.2, 0) is 6.42 Å². The lowest BCUT2D eigenvalue weighted by Gasteiger charge is -2.01. The van der Waals surface area contributed by atoms with Gasteiger partial charge in [-0.3, -0.25) is 9.89 Å². The number of nitrogens with one attached hydrogen (secondary N) is 1. The maximum absolute atomic E-state index is 11.2. The van der Waals surface area contributed by atoms with Crippen LogP contribution < -0.4 is 11.5 Å². The lowest BCUT2D eigenvalue weighted by atomic mass is 10.0. The highest BCUT2D eigenvalue weighted by Crippen LogP contribution is 2.17. The third-order valence-corrected chi connectivity index (χ3v) is 2.55. The molecule has 0 radical (unpaired) electrons. The van der Waals surface area contributed by atoms with Gasteiger partial charge in [-0.2, -0.15) is 10.4 Å². The minimum atomic E-state index is -0.618. The number of nitrogens with zero attached hydrogens (tertiary/aromatic N) is 2. The second-order valence-electron chi connectivity index (χ2n) is 3.82. The van der Waals surface area contributed by atoms with Gasteiger partial charge in [-0.1, -0.05) is 12.1 Å². The summed E-state index contributed by atoms with van der Waals surface area (Å²) in [6, 6.07) is 9.12. The van der Waals surface area contributed by atoms with E-state index in [1.54, 1.807) is 18.2 Å². The quantitative estimate of drug-likeness (QED) is 0.726. The van der Waals surface area contributed by atoms with Gasteiger partial charge in [0, 0.05) is 6.42 Å². The van der Waals surface area contributed by atoms with Crippen LogP contribution in [0.25, 0.3) is 0 Å². The molecule has 90 valence electrons. The number of nitriles is 1. The van der Waals surface area contributed by atoms with Crippen molar-refractivity contribution in [3.8, 4) is 6.07 Å². The smallest absolute Gasteiger partial charge is 0.254 e. The number of rotatable bonds is 3. The maximum atomic E-state index is 11.2. The first kappa shape index (κ1) is 11.7. The van der Waals surface area contributed by atoms with Crippen LogP contribution in [-0.4, -0.2) is 16.1 Å². The normalized spacial score (nSPS) is 9.94. The predicted octanol–water partition coefficient (Wildman–Crippen LogP) is 0.553. The molecule has 1 aromatic carbocycles. The topological polar surface area (TPSA) is 122 Å². The van der Waals surface area contributed by atoms with Crippen LogP contribution in [0.15, 0.2) is 24.3 Å². The summed E-state index contributed by atoms with van der Waals surface area (Å²) in [6.45, 7) is 0. The second-order valence-corrected chi connectivity index (χ2v) is 3.82. The molecule has 0 aliphatic carbocycles. The summed E-state index contributed by atoms with van der Waals surface area (Å²) in [6.07, 6.45) is 0.415. The number of hydrogen-bond donors (Lipinski definition) is 3. The molecule has 0 saturated heterocycles. The van der Waals surface area contributed by atoms with Gasteiger partial charge in [0.15, 0.2) is 5.82 Å². The molecule has 2 aromatic rings. The standard InChI is InChI=1S/C12H11N5O/c13-6-8-3-1-2-7(4-8)5-9-10(12(15)18)11(14)17-16-9/h1-4H,5H2,(H2,15,18)(H3,14,16,17). The van der Waals surface area contributed by atoms with Crippen LogP contribution in [0.2, 0.25) is 0 Å².